The molecule has 1 unspecified atom stereocenters. The van der Waals surface area contributed by atoms with Crippen LogP contribution in [0.15, 0.2) is 0 Å². The maximum atomic E-state index is 5.52. The molecule has 0 spiro atoms. The molecule has 114 valence electrons. The van der Waals surface area contributed by atoms with Gasteiger partial charge in [-0.25, -0.2) is 4.98 Å². The highest BCUT2D eigenvalue weighted by Crippen LogP contribution is 2.29. The summed E-state index contributed by atoms with van der Waals surface area (Å²) in [5.41, 5.74) is 1.29. The summed E-state index contributed by atoms with van der Waals surface area (Å²) in [5, 5.41) is 4.61. The summed E-state index contributed by atoms with van der Waals surface area (Å²) in [6.07, 6.45) is 4.97. The van der Waals surface area contributed by atoms with Gasteiger partial charge in [-0.1, -0.05) is 20.3 Å². The minimum Gasteiger partial charge on any atom is -0.380 e. The zero-order valence-corrected chi connectivity index (χ0v) is 13.8. The normalized spacial score (nSPS) is 19.6. The number of ether oxygens (including phenoxy) is 1. The Morgan fingerprint density at radius 3 is 3.00 bits per heavy atom. The number of nitrogens with zero attached hydrogens (tertiary/aromatic N) is 2. The van der Waals surface area contributed by atoms with Crippen LogP contribution in [-0.2, 0) is 17.7 Å². The van der Waals surface area contributed by atoms with Gasteiger partial charge in [-0.15, -0.1) is 11.3 Å². The fourth-order valence-corrected chi connectivity index (χ4v) is 3.73. The third-order valence-electron chi connectivity index (χ3n) is 3.77. The van der Waals surface area contributed by atoms with Crippen molar-refractivity contribution in [3.05, 3.63) is 10.6 Å². The first-order valence-corrected chi connectivity index (χ1v) is 8.57. The van der Waals surface area contributed by atoms with Crippen LogP contribution in [0.2, 0.25) is 0 Å². The van der Waals surface area contributed by atoms with Crippen LogP contribution >= 0.6 is 11.3 Å². The molecule has 0 bridgehead atoms. The summed E-state index contributed by atoms with van der Waals surface area (Å²) in [4.78, 5) is 8.70. The van der Waals surface area contributed by atoms with E-state index in [1.807, 2.05) is 18.4 Å². The number of rotatable bonds is 7. The van der Waals surface area contributed by atoms with Crippen molar-refractivity contribution in [2.75, 3.05) is 31.6 Å². The monoisotopic (exact) mass is 297 g/mol. The topological polar surface area (TPSA) is 37.4 Å². The van der Waals surface area contributed by atoms with Gasteiger partial charge in [0.15, 0.2) is 5.13 Å². The van der Waals surface area contributed by atoms with Crippen molar-refractivity contribution in [3.8, 4) is 0 Å². The average Bonchev–Trinajstić information content (AvgIpc) is 2.89. The predicted octanol–water partition coefficient (Wildman–Crippen LogP) is 2.82. The second-order valence-corrected chi connectivity index (χ2v) is 6.40. The molecular formula is C15H27N3OS. The van der Waals surface area contributed by atoms with E-state index in [2.05, 4.69) is 24.1 Å². The molecule has 1 aromatic rings. The molecule has 1 aromatic heterocycles. The molecule has 0 aromatic carbocycles. The van der Waals surface area contributed by atoms with E-state index >= 15 is 0 Å². The van der Waals surface area contributed by atoms with E-state index in [0.717, 1.165) is 39.0 Å². The Labute approximate surface area is 126 Å². The van der Waals surface area contributed by atoms with Gasteiger partial charge in [-0.05, 0) is 25.8 Å². The zero-order chi connectivity index (χ0) is 14.4. The Balaban J connectivity index is 2.10. The van der Waals surface area contributed by atoms with Gasteiger partial charge in [0.05, 0.1) is 11.8 Å². The molecule has 1 aliphatic heterocycles. The Bertz CT molecular complexity index is 408. The molecule has 0 radical (unpaired) electrons. The van der Waals surface area contributed by atoms with Gasteiger partial charge >= 0.3 is 0 Å². The maximum Gasteiger partial charge on any atom is 0.185 e. The van der Waals surface area contributed by atoms with Crippen molar-refractivity contribution < 1.29 is 4.74 Å². The van der Waals surface area contributed by atoms with Gasteiger partial charge in [0.1, 0.15) is 0 Å². The number of hydrogen-bond donors (Lipinski definition) is 1. The van der Waals surface area contributed by atoms with Crippen LogP contribution in [0, 0.1) is 0 Å². The summed E-state index contributed by atoms with van der Waals surface area (Å²) in [7, 11) is 1.81. The van der Waals surface area contributed by atoms with E-state index in [4.69, 9.17) is 9.72 Å². The molecule has 4 nitrogen and oxygen atoms in total. The lowest BCUT2D eigenvalue weighted by molar-refractivity contribution is 0.0893. The lowest BCUT2D eigenvalue weighted by Gasteiger charge is -2.31. The third kappa shape index (κ3) is 3.93. The van der Waals surface area contributed by atoms with E-state index in [9.17, 15) is 0 Å². The van der Waals surface area contributed by atoms with Crippen molar-refractivity contribution in [2.45, 2.75) is 52.2 Å². The van der Waals surface area contributed by atoms with Gasteiger partial charge in [0.25, 0.3) is 0 Å². The zero-order valence-electron chi connectivity index (χ0n) is 12.9. The van der Waals surface area contributed by atoms with E-state index in [0.29, 0.717) is 6.10 Å². The summed E-state index contributed by atoms with van der Waals surface area (Å²) in [6, 6.07) is 0. The predicted molar refractivity (Wildman–Crippen MR) is 85.7 cm³/mol. The number of thiazole rings is 1. The Hall–Kier alpha value is -0.650. The molecule has 5 heteroatoms. The molecule has 0 amide bonds. The standard InChI is InChI=1S/C15H27N3OS/c1-4-7-13-14(10-16-5-2)20-15(17-13)18-9-6-8-12(11-18)19-3/h12,16H,4-11H2,1-3H3. The fourth-order valence-electron chi connectivity index (χ4n) is 2.62. The van der Waals surface area contributed by atoms with Crippen molar-refractivity contribution in [3.63, 3.8) is 0 Å². The van der Waals surface area contributed by atoms with Crippen LogP contribution in [0.4, 0.5) is 5.13 Å². The largest absolute Gasteiger partial charge is 0.380 e. The Morgan fingerprint density at radius 2 is 2.30 bits per heavy atom. The summed E-state index contributed by atoms with van der Waals surface area (Å²) >= 11 is 1.86. The lowest BCUT2D eigenvalue weighted by atomic mass is 10.1. The van der Waals surface area contributed by atoms with Gasteiger partial charge in [-0.2, -0.15) is 0 Å². The first-order chi connectivity index (χ1) is 9.78. The highest BCUT2D eigenvalue weighted by Gasteiger charge is 2.23. The molecule has 2 heterocycles. The molecule has 1 atom stereocenters. The summed E-state index contributed by atoms with van der Waals surface area (Å²) < 4.78 is 5.52. The van der Waals surface area contributed by atoms with Gasteiger partial charge in [0.2, 0.25) is 0 Å². The first kappa shape index (κ1) is 15.7. The number of hydrogen-bond acceptors (Lipinski definition) is 5. The van der Waals surface area contributed by atoms with Crippen molar-refractivity contribution in [2.24, 2.45) is 0 Å². The molecule has 1 N–H and O–H groups in total. The molecule has 0 aliphatic carbocycles. The van der Waals surface area contributed by atoms with Crippen LogP contribution < -0.4 is 10.2 Å². The second kappa shape index (κ2) is 7.96. The average molecular weight is 297 g/mol. The van der Waals surface area contributed by atoms with Crippen molar-refractivity contribution in [1.82, 2.24) is 10.3 Å². The number of aromatic nitrogens is 1. The van der Waals surface area contributed by atoms with Crippen molar-refractivity contribution >= 4 is 16.5 Å². The molecular weight excluding hydrogens is 270 g/mol. The number of anilines is 1. The first-order valence-electron chi connectivity index (χ1n) is 7.75. The van der Waals surface area contributed by atoms with Crippen LogP contribution in [0.5, 0.6) is 0 Å². The number of piperidine rings is 1. The number of nitrogens with one attached hydrogen (secondary N) is 1. The molecule has 2 rings (SSSR count). The fraction of sp³-hybridized carbons (Fsp3) is 0.800. The quantitative estimate of drug-likeness (QED) is 0.840. The van der Waals surface area contributed by atoms with Gasteiger partial charge < -0.3 is 15.0 Å². The highest BCUT2D eigenvalue weighted by molar-refractivity contribution is 7.15. The van der Waals surface area contributed by atoms with Crippen molar-refractivity contribution in [1.29, 1.82) is 0 Å². The lowest BCUT2D eigenvalue weighted by Crippen LogP contribution is -2.39. The van der Waals surface area contributed by atoms with Gasteiger partial charge in [-0.3, -0.25) is 0 Å². The minimum atomic E-state index is 0.361. The molecule has 1 fully saturated rings. The summed E-state index contributed by atoms with van der Waals surface area (Å²) in [6.45, 7) is 8.42. The maximum absolute atomic E-state index is 5.52. The molecule has 20 heavy (non-hydrogen) atoms. The Kier molecular flexibility index (Phi) is 6.26. The number of methoxy groups -OCH3 is 1. The Morgan fingerprint density at radius 1 is 1.45 bits per heavy atom. The van der Waals surface area contributed by atoms with E-state index < -0.39 is 0 Å². The smallest absolute Gasteiger partial charge is 0.185 e. The molecule has 1 saturated heterocycles. The second-order valence-electron chi connectivity index (χ2n) is 5.34. The number of aryl methyl sites for hydroxylation is 1. The van der Waals surface area contributed by atoms with Crippen LogP contribution in [-0.4, -0.2) is 37.8 Å². The molecule has 0 saturated carbocycles. The van der Waals surface area contributed by atoms with E-state index in [1.54, 1.807) is 0 Å². The van der Waals surface area contributed by atoms with Gasteiger partial charge in [0, 0.05) is 31.6 Å². The van der Waals surface area contributed by atoms with E-state index in [-0.39, 0.29) is 0 Å². The third-order valence-corrected chi connectivity index (χ3v) is 4.93. The SMILES string of the molecule is CCCc1nc(N2CCCC(OC)C2)sc1CNCC. The minimum absolute atomic E-state index is 0.361. The van der Waals surface area contributed by atoms with Crippen LogP contribution in [0.3, 0.4) is 0 Å². The van der Waals surface area contributed by atoms with Crippen LogP contribution in [0.25, 0.3) is 0 Å². The summed E-state index contributed by atoms with van der Waals surface area (Å²) in [5.74, 6) is 0. The molecule has 1 aliphatic rings. The van der Waals surface area contributed by atoms with E-state index in [1.165, 1.54) is 28.5 Å². The highest BCUT2D eigenvalue weighted by atomic mass is 32.1. The van der Waals surface area contributed by atoms with Crippen LogP contribution in [0.1, 0.15) is 43.7 Å².